The molecule has 3 saturated heterocycles. The van der Waals surface area contributed by atoms with Crippen LogP contribution in [0.5, 0.6) is 6.01 Å². The molecule has 0 bridgehead atoms. The second-order valence-corrected chi connectivity index (χ2v) is 15.5. The topological polar surface area (TPSA) is 93.2 Å². The van der Waals surface area contributed by atoms with Crippen molar-refractivity contribution in [2.24, 2.45) is 0 Å². The number of benzene rings is 2. The average molecular weight is 751 g/mol. The lowest BCUT2D eigenvalue weighted by molar-refractivity contribution is -0.340. The lowest BCUT2D eigenvalue weighted by Crippen LogP contribution is -2.55. The molecule has 0 saturated carbocycles. The van der Waals surface area contributed by atoms with Gasteiger partial charge in [0.25, 0.3) is 0 Å². The third-order valence-corrected chi connectivity index (χ3v) is 10.9. The van der Waals surface area contributed by atoms with E-state index in [-0.39, 0.29) is 48.4 Å². The van der Waals surface area contributed by atoms with E-state index in [2.05, 4.69) is 15.6 Å². The van der Waals surface area contributed by atoms with Gasteiger partial charge >= 0.3 is 18.5 Å². The molecule has 1 amide bonds. The number of fused-ring (bicyclic) bond motifs is 4. The van der Waals surface area contributed by atoms with Gasteiger partial charge in [0.2, 0.25) is 0 Å². The molecule has 54 heavy (non-hydrogen) atoms. The highest BCUT2D eigenvalue weighted by Gasteiger charge is 2.52. The smallest absolute Gasteiger partial charge is 0.461 e. The molecule has 10 nitrogen and oxygen atoms in total. The van der Waals surface area contributed by atoms with E-state index in [0.717, 1.165) is 6.42 Å². The number of hydrogen-bond acceptors (Lipinski definition) is 9. The molecule has 4 aromatic rings. The molecule has 2 aromatic heterocycles. The summed E-state index contributed by atoms with van der Waals surface area (Å²) in [4.78, 5) is 33.1. The molecule has 3 atom stereocenters. The number of pyridine rings is 1. The summed E-state index contributed by atoms with van der Waals surface area (Å²) in [7, 11) is 0. The van der Waals surface area contributed by atoms with E-state index in [4.69, 9.17) is 25.9 Å². The average Bonchev–Trinajstić information content (AvgIpc) is 3.59. The van der Waals surface area contributed by atoms with Crippen LogP contribution in [0.2, 0.25) is 0 Å². The highest BCUT2D eigenvalue weighted by Crippen LogP contribution is 2.44. The van der Waals surface area contributed by atoms with Gasteiger partial charge in [0.1, 0.15) is 35.1 Å². The van der Waals surface area contributed by atoms with Crippen molar-refractivity contribution in [1.29, 1.82) is 0 Å². The first-order valence-corrected chi connectivity index (χ1v) is 18.1. The first kappa shape index (κ1) is 36.2. The molecule has 2 unspecified atom stereocenters. The lowest BCUT2D eigenvalue weighted by atomic mass is 9.94. The molecule has 0 N–H and O–H groups in total. The number of carbonyl (C=O) groups is 1. The Hall–Kier alpha value is -4.81. The molecule has 2 aromatic carbocycles. The first-order valence-electron chi connectivity index (χ1n) is 18.1. The standard InChI is InChI=1S/C39H39F5N6O4/c1-5-25-27(40)12-10-22-8-6-9-26(29(22)25)32-31(41)33-30-28(45-32)13-11-23-19-48(36(51)54-37(2,3)4)16-17-50(23)34(30)47-35(46-33)52-21-38-14-7-15-49(38)20-24(18-38)53-39(42,43)44/h1,6,8-10,12,23-24H,7,11,13-21H2,2-4H3/t23-,24?,38?/m1/s1. The van der Waals surface area contributed by atoms with Gasteiger partial charge in [-0.3, -0.25) is 9.64 Å². The number of amides is 1. The Balaban J connectivity index is 1.23. The van der Waals surface area contributed by atoms with Crippen molar-refractivity contribution in [3.05, 3.63) is 53.2 Å². The summed E-state index contributed by atoms with van der Waals surface area (Å²) in [5.41, 5.74) is -0.778. The zero-order valence-corrected chi connectivity index (χ0v) is 30.1. The summed E-state index contributed by atoms with van der Waals surface area (Å²) in [6.07, 6.45) is 1.86. The van der Waals surface area contributed by atoms with Crippen LogP contribution in [0.1, 0.15) is 57.7 Å². The fourth-order valence-corrected chi connectivity index (χ4v) is 8.64. The van der Waals surface area contributed by atoms with E-state index in [1.165, 1.54) is 6.07 Å². The summed E-state index contributed by atoms with van der Waals surface area (Å²) in [6.45, 7) is 7.04. The molecule has 4 aliphatic rings. The zero-order chi connectivity index (χ0) is 38.2. The van der Waals surface area contributed by atoms with Gasteiger partial charge in [-0.2, -0.15) is 9.97 Å². The summed E-state index contributed by atoms with van der Waals surface area (Å²) < 4.78 is 88.1. The number of carbonyl (C=O) groups excluding carboxylic acids is 1. The number of hydrogen-bond donors (Lipinski definition) is 0. The minimum absolute atomic E-state index is 0.0215. The van der Waals surface area contributed by atoms with Gasteiger partial charge in [-0.15, -0.1) is 19.6 Å². The van der Waals surface area contributed by atoms with Gasteiger partial charge in [0.15, 0.2) is 5.82 Å². The van der Waals surface area contributed by atoms with Crippen LogP contribution in [-0.4, -0.2) is 99.8 Å². The predicted molar refractivity (Wildman–Crippen MR) is 190 cm³/mol. The van der Waals surface area contributed by atoms with Crippen LogP contribution in [0.4, 0.5) is 32.6 Å². The number of nitrogens with zero attached hydrogens (tertiary/aromatic N) is 6. The minimum Gasteiger partial charge on any atom is -0.461 e. The number of ether oxygens (including phenoxy) is 3. The summed E-state index contributed by atoms with van der Waals surface area (Å²) in [5.74, 6) is 1.39. The second kappa shape index (κ2) is 13.2. The quantitative estimate of drug-likeness (QED) is 0.158. The Morgan fingerprint density at radius 1 is 1.04 bits per heavy atom. The van der Waals surface area contributed by atoms with Crippen molar-refractivity contribution in [2.75, 3.05) is 44.2 Å². The number of alkyl halides is 3. The molecular formula is C39H39F5N6O4. The van der Waals surface area contributed by atoms with Crippen molar-refractivity contribution in [3.63, 3.8) is 0 Å². The van der Waals surface area contributed by atoms with E-state index in [0.29, 0.717) is 78.7 Å². The third kappa shape index (κ3) is 6.53. The third-order valence-electron chi connectivity index (χ3n) is 10.9. The Kier molecular flexibility index (Phi) is 8.84. The first-order chi connectivity index (χ1) is 25.6. The predicted octanol–water partition coefficient (Wildman–Crippen LogP) is 7.00. The SMILES string of the molecule is C#Cc1c(F)ccc2cccc(-c3nc4c5c(nc(OCC67CCCN6CC(OC(F)(F)F)C7)nc5c3F)N3CCN(C(=O)OC(C)(C)C)C[C@H]3CC4)c12. The number of piperazine rings is 1. The maximum Gasteiger partial charge on any atom is 0.522 e. The van der Waals surface area contributed by atoms with E-state index in [1.807, 2.05) is 9.80 Å². The van der Waals surface area contributed by atoms with Crippen LogP contribution in [-0.2, 0) is 15.9 Å². The molecule has 0 spiro atoms. The van der Waals surface area contributed by atoms with Crippen molar-refractivity contribution < 1.29 is 41.0 Å². The highest BCUT2D eigenvalue weighted by molar-refractivity contribution is 6.02. The fourth-order valence-electron chi connectivity index (χ4n) is 8.64. The van der Waals surface area contributed by atoms with Crippen LogP contribution in [0, 0.1) is 24.0 Å². The van der Waals surface area contributed by atoms with Gasteiger partial charge in [-0.05, 0) is 70.9 Å². The Morgan fingerprint density at radius 3 is 2.61 bits per heavy atom. The Morgan fingerprint density at radius 2 is 1.85 bits per heavy atom. The largest absolute Gasteiger partial charge is 0.522 e. The number of anilines is 1. The van der Waals surface area contributed by atoms with Gasteiger partial charge < -0.3 is 19.3 Å². The number of aromatic nitrogens is 3. The minimum atomic E-state index is -4.77. The van der Waals surface area contributed by atoms with Crippen LogP contribution < -0.4 is 9.64 Å². The Labute approximate surface area is 308 Å². The maximum atomic E-state index is 17.2. The highest BCUT2D eigenvalue weighted by atomic mass is 19.4. The van der Waals surface area contributed by atoms with E-state index in [9.17, 15) is 18.0 Å². The van der Waals surface area contributed by atoms with Crippen LogP contribution >= 0.6 is 0 Å². The summed E-state index contributed by atoms with van der Waals surface area (Å²) in [6, 6.07) is 7.55. The lowest BCUT2D eigenvalue weighted by Gasteiger charge is -2.41. The molecule has 8 rings (SSSR count). The van der Waals surface area contributed by atoms with E-state index < -0.39 is 41.3 Å². The zero-order valence-electron chi connectivity index (χ0n) is 30.1. The van der Waals surface area contributed by atoms with Gasteiger partial charge in [-0.25, -0.2) is 18.6 Å². The van der Waals surface area contributed by atoms with Gasteiger partial charge in [0.05, 0.1) is 28.3 Å². The molecule has 0 aliphatic carbocycles. The van der Waals surface area contributed by atoms with Crippen molar-refractivity contribution in [3.8, 4) is 29.6 Å². The molecule has 4 aliphatic heterocycles. The van der Waals surface area contributed by atoms with Crippen molar-refractivity contribution in [2.45, 2.75) is 82.5 Å². The van der Waals surface area contributed by atoms with Gasteiger partial charge in [0, 0.05) is 43.2 Å². The molecule has 0 radical (unpaired) electrons. The van der Waals surface area contributed by atoms with Crippen molar-refractivity contribution in [1.82, 2.24) is 24.8 Å². The summed E-state index contributed by atoms with van der Waals surface area (Å²) in [5, 5.41) is 1.33. The molecular weight excluding hydrogens is 711 g/mol. The number of aryl methyl sites for hydroxylation is 1. The second-order valence-electron chi connectivity index (χ2n) is 15.5. The van der Waals surface area contributed by atoms with E-state index >= 15 is 8.78 Å². The number of halogens is 5. The fraction of sp³-hybridized carbons (Fsp3) is 0.487. The number of terminal acetylenes is 1. The molecule has 15 heteroatoms. The molecule has 6 heterocycles. The maximum absolute atomic E-state index is 17.2. The van der Waals surface area contributed by atoms with Crippen LogP contribution in [0.15, 0.2) is 30.3 Å². The van der Waals surface area contributed by atoms with Crippen molar-refractivity contribution >= 4 is 33.6 Å². The summed E-state index contributed by atoms with van der Waals surface area (Å²) >= 11 is 0. The Bertz CT molecular complexity index is 2200. The normalized spacial score (nSPS) is 22.9. The molecule has 284 valence electrons. The van der Waals surface area contributed by atoms with Crippen LogP contribution in [0.3, 0.4) is 0 Å². The van der Waals surface area contributed by atoms with Crippen LogP contribution in [0.25, 0.3) is 32.9 Å². The van der Waals surface area contributed by atoms with Gasteiger partial charge in [-0.1, -0.05) is 30.2 Å². The monoisotopic (exact) mass is 750 g/mol. The number of rotatable bonds is 5. The molecule has 3 fully saturated rings. The van der Waals surface area contributed by atoms with E-state index in [1.54, 1.807) is 49.9 Å².